The molecular weight excluding hydrogens is 189 g/mol. The highest BCUT2D eigenvalue weighted by Crippen LogP contribution is 2.21. The molecule has 1 aliphatic rings. The van der Waals surface area contributed by atoms with E-state index in [1.807, 2.05) is 6.07 Å². The van der Waals surface area contributed by atoms with Gasteiger partial charge in [-0.1, -0.05) is 31.2 Å². The fraction of sp³-hybridized carbons (Fsp3) is 0.538. The van der Waals surface area contributed by atoms with Crippen molar-refractivity contribution < 1.29 is 4.39 Å². The van der Waals surface area contributed by atoms with Gasteiger partial charge in [0, 0.05) is 19.0 Å². The molecule has 15 heavy (non-hydrogen) atoms. The zero-order valence-corrected chi connectivity index (χ0v) is 9.17. The van der Waals surface area contributed by atoms with E-state index in [4.69, 9.17) is 0 Å². The Labute approximate surface area is 90.7 Å². The Morgan fingerprint density at radius 1 is 1.27 bits per heavy atom. The molecule has 1 aliphatic heterocycles. The molecule has 2 unspecified atom stereocenters. The number of benzene rings is 1. The Balaban J connectivity index is 2.09. The van der Waals surface area contributed by atoms with Crippen LogP contribution >= 0.6 is 0 Å². The molecule has 1 N–H and O–H groups in total. The van der Waals surface area contributed by atoms with Crippen LogP contribution in [0.25, 0.3) is 0 Å². The van der Waals surface area contributed by atoms with E-state index in [1.165, 1.54) is 11.1 Å². The maximum absolute atomic E-state index is 13.4. The van der Waals surface area contributed by atoms with Crippen molar-refractivity contribution in [2.45, 2.75) is 25.9 Å². The minimum Gasteiger partial charge on any atom is -0.313 e. The quantitative estimate of drug-likeness (QED) is 0.802. The van der Waals surface area contributed by atoms with Gasteiger partial charge in [0.25, 0.3) is 0 Å². The molecule has 1 aromatic rings. The predicted molar refractivity (Wildman–Crippen MR) is 60.8 cm³/mol. The average Bonchev–Trinajstić information content (AvgIpc) is 2.65. The predicted octanol–water partition coefficient (Wildman–Crippen LogP) is 2.35. The van der Waals surface area contributed by atoms with Crippen LogP contribution in [0.3, 0.4) is 0 Å². The Hall–Kier alpha value is -0.890. The van der Waals surface area contributed by atoms with Gasteiger partial charge >= 0.3 is 0 Å². The molecule has 0 bridgehead atoms. The van der Waals surface area contributed by atoms with E-state index in [2.05, 4.69) is 30.4 Å². The molecule has 0 saturated carbocycles. The molecule has 1 fully saturated rings. The number of aryl methyl sites for hydroxylation is 1. The molecule has 0 aromatic heterocycles. The highest BCUT2D eigenvalue weighted by atomic mass is 19.1. The van der Waals surface area contributed by atoms with Gasteiger partial charge in [0.05, 0.1) is 0 Å². The molecule has 2 rings (SSSR count). The minimum atomic E-state index is -0.671. The van der Waals surface area contributed by atoms with Gasteiger partial charge in [-0.05, 0) is 24.0 Å². The standard InChI is InChI=1S/C13H18FN/c1-2-10-5-3-4-6-11(10)7-12-8-15-9-13(12)14/h3-6,12-13,15H,2,7-9H2,1H3. The Morgan fingerprint density at radius 2 is 2.00 bits per heavy atom. The number of nitrogens with one attached hydrogen (secondary N) is 1. The Kier molecular flexibility index (Phi) is 3.37. The van der Waals surface area contributed by atoms with Crippen LogP contribution in [0.5, 0.6) is 0 Å². The molecule has 0 amide bonds. The van der Waals surface area contributed by atoms with Crippen LogP contribution in [0.15, 0.2) is 24.3 Å². The molecule has 0 aliphatic carbocycles. The van der Waals surface area contributed by atoms with Gasteiger partial charge in [0.1, 0.15) is 6.17 Å². The molecule has 0 radical (unpaired) electrons. The summed E-state index contributed by atoms with van der Waals surface area (Å²) in [4.78, 5) is 0. The molecule has 2 heteroatoms. The average molecular weight is 207 g/mol. The summed E-state index contributed by atoms with van der Waals surface area (Å²) in [6.07, 6.45) is 1.24. The lowest BCUT2D eigenvalue weighted by molar-refractivity contribution is 0.282. The van der Waals surface area contributed by atoms with Crippen molar-refractivity contribution in [3.05, 3.63) is 35.4 Å². The lowest BCUT2D eigenvalue weighted by Crippen LogP contribution is -2.16. The van der Waals surface area contributed by atoms with Crippen molar-refractivity contribution in [2.75, 3.05) is 13.1 Å². The second-order valence-corrected chi connectivity index (χ2v) is 4.26. The monoisotopic (exact) mass is 207 g/mol. The van der Waals surface area contributed by atoms with Gasteiger partial charge in [-0.25, -0.2) is 4.39 Å². The first-order chi connectivity index (χ1) is 7.31. The molecule has 1 saturated heterocycles. The van der Waals surface area contributed by atoms with Crippen LogP contribution in [0.2, 0.25) is 0 Å². The van der Waals surface area contributed by atoms with Crippen LogP contribution in [-0.4, -0.2) is 19.3 Å². The van der Waals surface area contributed by atoms with Crippen molar-refractivity contribution in [3.63, 3.8) is 0 Å². The summed E-state index contributed by atoms with van der Waals surface area (Å²) in [7, 11) is 0. The van der Waals surface area contributed by atoms with Crippen molar-refractivity contribution in [3.8, 4) is 0 Å². The third-order valence-corrected chi connectivity index (χ3v) is 3.24. The summed E-state index contributed by atoms with van der Waals surface area (Å²) < 4.78 is 13.4. The molecule has 1 heterocycles. The number of halogens is 1. The number of hydrogen-bond donors (Lipinski definition) is 1. The fourth-order valence-electron chi connectivity index (χ4n) is 2.29. The molecular formula is C13H18FN. The summed E-state index contributed by atoms with van der Waals surface area (Å²) in [6, 6.07) is 8.38. The van der Waals surface area contributed by atoms with Gasteiger partial charge in [0.2, 0.25) is 0 Å². The van der Waals surface area contributed by atoms with Crippen LogP contribution in [0.1, 0.15) is 18.1 Å². The number of hydrogen-bond acceptors (Lipinski definition) is 1. The van der Waals surface area contributed by atoms with Gasteiger partial charge in [0.15, 0.2) is 0 Å². The van der Waals surface area contributed by atoms with E-state index >= 15 is 0 Å². The first-order valence-corrected chi connectivity index (χ1v) is 5.72. The van der Waals surface area contributed by atoms with Crippen LogP contribution in [0, 0.1) is 5.92 Å². The second kappa shape index (κ2) is 4.75. The Morgan fingerprint density at radius 3 is 2.60 bits per heavy atom. The van der Waals surface area contributed by atoms with Crippen molar-refractivity contribution >= 4 is 0 Å². The fourth-order valence-corrected chi connectivity index (χ4v) is 2.29. The van der Waals surface area contributed by atoms with E-state index in [9.17, 15) is 4.39 Å². The Bertz CT molecular complexity index is 324. The van der Waals surface area contributed by atoms with Gasteiger partial charge in [-0.2, -0.15) is 0 Å². The zero-order chi connectivity index (χ0) is 10.7. The van der Waals surface area contributed by atoms with E-state index in [0.29, 0.717) is 6.54 Å². The summed E-state index contributed by atoms with van der Waals surface area (Å²) in [5, 5.41) is 3.10. The van der Waals surface area contributed by atoms with Crippen LogP contribution in [-0.2, 0) is 12.8 Å². The highest BCUT2D eigenvalue weighted by Gasteiger charge is 2.26. The molecule has 1 nitrogen and oxygen atoms in total. The zero-order valence-electron chi connectivity index (χ0n) is 9.17. The van der Waals surface area contributed by atoms with Crippen molar-refractivity contribution in [1.82, 2.24) is 5.32 Å². The summed E-state index contributed by atoms with van der Waals surface area (Å²) in [6.45, 7) is 3.50. The van der Waals surface area contributed by atoms with Crippen LogP contribution in [0.4, 0.5) is 4.39 Å². The number of rotatable bonds is 3. The number of alkyl halides is 1. The van der Waals surface area contributed by atoms with Gasteiger partial charge in [-0.15, -0.1) is 0 Å². The molecule has 82 valence electrons. The first kappa shape index (κ1) is 10.6. The molecule has 1 aromatic carbocycles. The van der Waals surface area contributed by atoms with E-state index in [1.54, 1.807) is 0 Å². The lowest BCUT2D eigenvalue weighted by atomic mass is 9.93. The van der Waals surface area contributed by atoms with Crippen molar-refractivity contribution in [2.24, 2.45) is 5.92 Å². The van der Waals surface area contributed by atoms with Crippen molar-refractivity contribution in [1.29, 1.82) is 0 Å². The maximum atomic E-state index is 13.4. The SMILES string of the molecule is CCc1ccccc1CC1CNCC1F. The smallest absolute Gasteiger partial charge is 0.117 e. The lowest BCUT2D eigenvalue weighted by Gasteiger charge is -2.14. The maximum Gasteiger partial charge on any atom is 0.117 e. The summed E-state index contributed by atoms with van der Waals surface area (Å²) >= 11 is 0. The normalized spacial score (nSPS) is 25.7. The molecule has 2 atom stereocenters. The summed E-state index contributed by atoms with van der Waals surface area (Å²) in [5.41, 5.74) is 2.67. The largest absolute Gasteiger partial charge is 0.313 e. The highest BCUT2D eigenvalue weighted by molar-refractivity contribution is 5.27. The van der Waals surface area contributed by atoms with Crippen LogP contribution < -0.4 is 5.32 Å². The third-order valence-electron chi connectivity index (χ3n) is 3.24. The van der Waals surface area contributed by atoms with Gasteiger partial charge < -0.3 is 5.32 Å². The van der Waals surface area contributed by atoms with E-state index in [-0.39, 0.29) is 5.92 Å². The van der Waals surface area contributed by atoms with E-state index in [0.717, 1.165) is 19.4 Å². The van der Waals surface area contributed by atoms with E-state index < -0.39 is 6.17 Å². The molecule has 0 spiro atoms. The van der Waals surface area contributed by atoms with Gasteiger partial charge in [-0.3, -0.25) is 0 Å². The first-order valence-electron chi connectivity index (χ1n) is 5.72. The third kappa shape index (κ3) is 2.37. The topological polar surface area (TPSA) is 12.0 Å². The minimum absolute atomic E-state index is 0.165. The second-order valence-electron chi connectivity index (χ2n) is 4.26. The summed E-state index contributed by atoms with van der Waals surface area (Å²) in [5.74, 6) is 0.165.